The predicted molar refractivity (Wildman–Crippen MR) is 58.8 cm³/mol. The van der Waals surface area contributed by atoms with Crippen LogP contribution in [0.1, 0.15) is 25.8 Å². The summed E-state index contributed by atoms with van der Waals surface area (Å²) in [4.78, 5) is 3.98. The van der Waals surface area contributed by atoms with Gasteiger partial charge in [-0.25, -0.2) is 0 Å². The Hall–Kier alpha value is -0.930. The molecule has 0 radical (unpaired) electrons. The Balaban J connectivity index is 2.40. The molecule has 0 aromatic carbocycles. The second-order valence-corrected chi connectivity index (χ2v) is 4.13. The Morgan fingerprint density at radius 3 is 2.57 bits per heavy atom. The molecule has 14 heavy (non-hydrogen) atoms. The van der Waals surface area contributed by atoms with E-state index in [1.807, 2.05) is 24.5 Å². The van der Waals surface area contributed by atoms with Crippen molar-refractivity contribution in [2.24, 2.45) is 5.73 Å². The van der Waals surface area contributed by atoms with Crippen LogP contribution in [0.15, 0.2) is 24.5 Å². The Morgan fingerprint density at radius 1 is 1.36 bits per heavy atom. The van der Waals surface area contributed by atoms with E-state index in [-0.39, 0.29) is 5.54 Å². The van der Waals surface area contributed by atoms with Crippen molar-refractivity contribution < 1.29 is 0 Å². The zero-order chi connectivity index (χ0) is 10.4. The van der Waals surface area contributed by atoms with E-state index in [1.165, 1.54) is 5.56 Å². The number of nitrogens with one attached hydrogen (secondary N) is 1. The van der Waals surface area contributed by atoms with Crippen LogP contribution in [-0.4, -0.2) is 17.1 Å². The van der Waals surface area contributed by atoms with E-state index >= 15 is 0 Å². The summed E-state index contributed by atoms with van der Waals surface area (Å²) >= 11 is 0. The first-order valence-electron chi connectivity index (χ1n) is 4.98. The molecule has 0 aliphatic heterocycles. The van der Waals surface area contributed by atoms with Crippen molar-refractivity contribution in [3.05, 3.63) is 30.1 Å². The van der Waals surface area contributed by atoms with Gasteiger partial charge in [0.2, 0.25) is 0 Å². The highest BCUT2D eigenvalue weighted by atomic mass is 15.0. The molecular weight excluding hydrogens is 174 g/mol. The maximum Gasteiger partial charge on any atom is 0.0271 e. The number of hydrogen-bond acceptors (Lipinski definition) is 3. The average Bonchev–Trinajstić information content (AvgIpc) is 2.17. The molecule has 3 heteroatoms. The lowest BCUT2D eigenvalue weighted by Crippen LogP contribution is -2.40. The molecular formula is C11H19N3. The van der Waals surface area contributed by atoms with Gasteiger partial charge in [-0.3, -0.25) is 4.98 Å². The molecule has 1 aromatic rings. The lowest BCUT2D eigenvalue weighted by molar-refractivity contribution is 0.365. The lowest BCUT2D eigenvalue weighted by Gasteiger charge is -2.25. The predicted octanol–water partition coefficient (Wildman–Crippen LogP) is 1.30. The molecule has 0 unspecified atom stereocenters. The normalized spacial score (nSPS) is 11.6. The average molecular weight is 193 g/mol. The van der Waals surface area contributed by atoms with E-state index in [4.69, 9.17) is 5.73 Å². The molecule has 0 aliphatic rings. The van der Waals surface area contributed by atoms with Gasteiger partial charge in [0.05, 0.1) is 0 Å². The molecule has 0 aliphatic carbocycles. The highest BCUT2D eigenvalue weighted by molar-refractivity contribution is 5.09. The lowest BCUT2D eigenvalue weighted by atomic mass is 10.0. The van der Waals surface area contributed by atoms with Crippen LogP contribution in [0, 0.1) is 0 Å². The molecule has 0 bridgehead atoms. The molecule has 0 spiro atoms. The maximum absolute atomic E-state index is 5.53. The standard InChI is InChI=1S/C11H19N3/c1-11(2,5-6-12)14-9-10-3-7-13-8-4-10/h3-4,7-8,14H,5-6,9,12H2,1-2H3. The quantitative estimate of drug-likeness (QED) is 0.741. The number of nitrogens with zero attached hydrogens (tertiary/aromatic N) is 1. The zero-order valence-electron chi connectivity index (χ0n) is 8.96. The highest BCUT2D eigenvalue weighted by Gasteiger charge is 2.14. The van der Waals surface area contributed by atoms with Gasteiger partial charge in [-0.1, -0.05) is 0 Å². The van der Waals surface area contributed by atoms with Gasteiger partial charge in [0, 0.05) is 24.5 Å². The first-order chi connectivity index (χ1) is 6.64. The minimum Gasteiger partial charge on any atom is -0.330 e. The molecule has 0 fully saturated rings. The van der Waals surface area contributed by atoms with E-state index in [0.717, 1.165) is 19.5 Å². The van der Waals surface area contributed by atoms with Crippen LogP contribution < -0.4 is 11.1 Å². The van der Waals surface area contributed by atoms with Gasteiger partial charge in [-0.05, 0) is 44.5 Å². The fourth-order valence-electron chi connectivity index (χ4n) is 1.29. The van der Waals surface area contributed by atoms with Gasteiger partial charge in [0.1, 0.15) is 0 Å². The van der Waals surface area contributed by atoms with Crippen molar-refractivity contribution in [1.29, 1.82) is 0 Å². The van der Waals surface area contributed by atoms with Gasteiger partial charge in [-0.15, -0.1) is 0 Å². The fraction of sp³-hybridized carbons (Fsp3) is 0.545. The van der Waals surface area contributed by atoms with Crippen LogP contribution in [0.5, 0.6) is 0 Å². The van der Waals surface area contributed by atoms with Crippen LogP contribution in [0.25, 0.3) is 0 Å². The molecule has 0 atom stereocenters. The molecule has 78 valence electrons. The molecule has 0 saturated heterocycles. The number of aromatic nitrogens is 1. The topological polar surface area (TPSA) is 50.9 Å². The van der Waals surface area contributed by atoms with Crippen molar-refractivity contribution in [2.45, 2.75) is 32.4 Å². The molecule has 0 saturated carbocycles. The van der Waals surface area contributed by atoms with E-state index in [2.05, 4.69) is 24.1 Å². The van der Waals surface area contributed by atoms with E-state index < -0.39 is 0 Å². The number of pyridine rings is 1. The summed E-state index contributed by atoms with van der Waals surface area (Å²) in [7, 11) is 0. The molecule has 1 aromatic heterocycles. The van der Waals surface area contributed by atoms with Crippen molar-refractivity contribution in [2.75, 3.05) is 6.54 Å². The van der Waals surface area contributed by atoms with Crippen LogP contribution >= 0.6 is 0 Å². The van der Waals surface area contributed by atoms with Crippen LogP contribution in [0.4, 0.5) is 0 Å². The van der Waals surface area contributed by atoms with Gasteiger partial charge >= 0.3 is 0 Å². The number of hydrogen-bond donors (Lipinski definition) is 2. The van der Waals surface area contributed by atoms with Crippen LogP contribution in [0.3, 0.4) is 0 Å². The monoisotopic (exact) mass is 193 g/mol. The molecule has 0 amide bonds. The van der Waals surface area contributed by atoms with Gasteiger partial charge in [-0.2, -0.15) is 0 Å². The Morgan fingerprint density at radius 2 is 2.00 bits per heavy atom. The molecule has 1 heterocycles. The number of nitrogens with two attached hydrogens (primary N) is 1. The third-order valence-corrected chi connectivity index (χ3v) is 2.29. The second-order valence-electron chi connectivity index (χ2n) is 4.13. The SMILES string of the molecule is CC(C)(CCN)NCc1ccncc1. The minimum atomic E-state index is 0.109. The largest absolute Gasteiger partial charge is 0.330 e. The van der Waals surface area contributed by atoms with Gasteiger partial charge in [0.15, 0.2) is 0 Å². The van der Waals surface area contributed by atoms with E-state index in [9.17, 15) is 0 Å². The van der Waals surface area contributed by atoms with Gasteiger partial charge in [0.25, 0.3) is 0 Å². The number of rotatable bonds is 5. The summed E-state index contributed by atoms with van der Waals surface area (Å²) in [6, 6.07) is 4.04. The third kappa shape index (κ3) is 3.85. The van der Waals surface area contributed by atoms with Crippen LogP contribution in [0.2, 0.25) is 0 Å². The summed E-state index contributed by atoms with van der Waals surface area (Å²) in [6.45, 7) is 5.92. The first-order valence-corrected chi connectivity index (χ1v) is 4.98. The molecule has 3 N–H and O–H groups in total. The summed E-state index contributed by atoms with van der Waals surface area (Å²) in [5, 5.41) is 3.47. The third-order valence-electron chi connectivity index (χ3n) is 2.29. The Labute approximate surface area is 85.7 Å². The van der Waals surface area contributed by atoms with Crippen LogP contribution in [-0.2, 0) is 6.54 Å². The summed E-state index contributed by atoms with van der Waals surface area (Å²) in [6.07, 6.45) is 4.61. The minimum absolute atomic E-state index is 0.109. The van der Waals surface area contributed by atoms with Crippen molar-refractivity contribution >= 4 is 0 Å². The Bertz CT molecular complexity index is 256. The molecule has 1 rings (SSSR count). The van der Waals surface area contributed by atoms with Crippen molar-refractivity contribution in [1.82, 2.24) is 10.3 Å². The molecule has 3 nitrogen and oxygen atoms in total. The highest BCUT2D eigenvalue weighted by Crippen LogP contribution is 2.08. The fourth-order valence-corrected chi connectivity index (χ4v) is 1.29. The first kappa shape index (κ1) is 11.1. The van der Waals surface area contributed by atoms with Crippen molar-refractivity contribution in [3.8, 4) is 0 Å². The summed E-state index contributed by atoms with van der Waals surface area (Å²) in [5.74, 6) is 0. The summed E-state index contributed by atoms with van der Waals surface area (Å²) in [5.41, 5.74) is 6.90. The smallest absolute Gasteiger partial charge is 0.0271 e. The zero-order valence-corrected chi connectivity index (χ0v) is 8.96. The second kappa shape index (κ2) is 5.08. The maximum atomic E-state index is 5.53. The summed E-state index contributed by atoms with van der Waals surface area (Å²) < 4.78 is 0. The van der Waals surface area contributed by atoms with E-state index in [1.54, 1.807) is 0 Å². The van der Waals surface area contributed by atoms with Gasteiger partial charge < -0.3 is 11.1 Å². The van der Waals surface area contributed by atoms with Crippen molar-refractivity contribution in [3.63, 3.8) is 0 Å². The Kier molecular flexibility index (Phi) is 4.04. The van der Waals surface area contributed by atoms with E-state index in [0.29, 0.717) is 0 Å².